The van der Waals surface area contributed by atoms with E-state index in [4.69, 9.17) is 14.9 Å². The first kappa shape index (κ1) is 21.7. The van der Waals surface area contributed by atoms with Gasteiger partial charge in [0.15, 0.2) is 5.65 Å². The van der Waals surface area contributed by atoms with Gasteiger partial charge >= 0.3 is 5.97 Å². The van der Waals surface area contributed by atoms with E-state index in [1.807, 2.05) is 13.0 Å². The normalized spacial score (nSPS) is 11.8. The molecule has 172 valence electrons. The van der Waals surface area contributed by atoms with Crippen molar-refractivity contribution in [1.29, 1.82) is 0 Å². The lowest BCUT2D eigenvalue weighted by atomic mass is 10.2. The predicted octanol–water partition coefficient (Wildman–Crippen LogP) is 3.76. The average Bonchev–Trinajstić information content (AvgIpc) is 3.45. The fourth-order valence-corrected chi connectivity index (χ4v) is 5.22. The van der Waals surface area contributed by atoms with Gasteiger partial charge in [0.05, 0.1) is 28.7 Å². The van der Waals surface area contributed by atoms with Gasteiger partial charge in [0.2, 0.25) is 15.6 Å². The lowest BCUT2D eigenvalue weighted by Gasteiger charge is -2.09. The molecule has 3 heterocycles. The monoisotopic (exact) mass is 476 g/mol. The molecule has 2 aromatic carbocycles. The molecule has 0 saturated heterocycles. The van der Waals surface area contributed by atoms with Gasteiger partial charge in [0.1, 0.15) is 22.8 Å². The molecule has 0 radical (unpaired) electrons. The Hall–Kier alpha value is -4.18. The van der Waals surface area contributed by atoms with Gasteiger partial charge in [-0.2, -0.15) is 0 Å². The van der Waals surface area contributed by atoms with Gasteiger partial charge in [-0.15, -0.1) is 0 Å². The summed E-state index contributed by atoms with van der Waals surface area (Å²) in [7, 11) is -4.01. The van der Waals surface area contributed by atoms with Crippen molar-refractivity contribution in [2.24, 2.45) is 0 Å². The molecule has 0 spiro atoms. The van der Waals surface area contributed by atoms with Crippen LogP contribution in [0, 0.1) is 6.92 Å². The molecule has 0 fully saturated rings. The minimum absolute atomic E-state index is 0.0278. The van der Waals surface area contributed by atoms with Gasteiger partial charge in [-0.25, -0.2) is 23.2 Å². The number of hydrogen-bond acceptors (Lipinski definition) is 8. The third kappa shape index (κ3) is 3.67. The van der Waals surface area contributed by atoms with E-state index in [1.165, 1.54) is 29.0 Å². The van der Waals surface area contributed by atoms with Gasteiger partial charge in [-0.05, 0) is 43.3 Å². The number of carbonyl (C=O) groups is 1. The molecule has 5 aromatic rings. The van der Waals surface area contributed by atoms with Crippen LogP contribution in [0.4, 0.5) is 5.82 Å². The number of aryl methyl sites for hydroxylation is 1. The first-order chi connectivity index (χ1) is 16.4. The Bertz CT molecular complexity index is 1620. The molecule has 0 atom stereocenters. The number of carbonyl (C=O) groups excluding carboxylic acids is 1. The standard InChI is InChI=1S/C24H20N4O5S/c1-15-8-10-16(11-9-15)34(30,31)21-20-23(27-18-6-3-2-5-17(18)26-20)28(22(21)25)12-14-33-24(29)19-7-4-13-32-19/h2-11,13H,12,14,25H2,1H3. The Labute approximate surface area is 194 Å². The number of para-hydroxylation sites is 2. The van der Waals surface area contributed by atoms with Crippen molar-refractivity contribution in [2.75, 3.05) is 12.3 Å². The third-order valence-electron chi connectivity index (χ3n) is 5.42. The van der Waals surface area contributed by atoms with Crippen LogP contribution < -0.4 is 5.73 Å². The minimum Gasteiger partial charge on any atom is -0.458 e. The number of hydrogen-bond donors (Lipinski definition) is 1. The van der Waals surface area contributed by atoms with Crippen LogP contribution in [0.1, 0.15) is 16.1 Å². The molecule has 0 amide bonds. The lowest BCUT2D eigenvalue weighted by molar-refractivity contribution is 0.0456. The van der Waals surface area contributed by atoms with E-state index in [2.05, 4.69) is 9.97 Å². The van der Waals surface area contributed by atoms with Crippen molar-refractivity contribution in [3.8, 4) is 0 Å². The number of nitrogens with zero attached hydrogens (tertiary/aromatic N) is 3. The van der Waals surface area contributed by atoms with Crippen LogP contribution in [0.15, 0.2) is 81.1 Å². The summed E-state index contributed by atoms with van der Waals surface area (Å²) in [5, 5.41) is 0. The fraction of sp³-hybridized carbons (Fsp3) is 0.125. The Morgan fingerprint density at radius 3 is 2.41 bits per heavy atom. The number of ether oxygens (including phenoxy) is 1. The Morgan fingerprint density at radius 2 is 1.74 bits per heavy atom. The number of nitrogen functional groups attached to an aromatic ring is 1. The first-order valence-electron chi connectivity index (χ1n) is 10.4. The number of fused-ring (bicyclic) bond motifs is 2. The van der Waals surface area contributed by atoms with E-state index in [-0.39, 0.29) is 45.7 Å². The summed E-state index contributed by atoms with van der Waals surface area (Å²) >= 11 is 0. The van der Waals surface area contributed by atoms with Gasteiger partial charge in [-0.1, -0.05) is 29.8 Å². The summed E-state index contributed by atoms with van der Waals surface area (Å²) in [6.07, 6.45) is 1.37. The summed E-state index contributed by atoms with van der Waals surface area (Å²) in [6.45, 7) is 1.87. The SMILES string of the molecule is Cc1ccc(S(=O)(=O)c2c(N)n(CCOC(=O)c3ccco3)c3nc4ccccc4nc23)cc1. The highest BCUT2D eigenvalue weighted by molar-refractivity contribution is 7.92. The van der Waals surface area contributed by atoms with E-state index in [0.29, 0.717) is 11.0 Å². The van der Waals surface area contributed by atoms with E-state index in [0.717, 1.165) is 5.56 Å². The highest BCUT2D eigenvalue weighted by atomic mass is 32.2. The molecule has 2 N–H and O–H groups in total. The number of esters is 1. The van der Waals surface area contributed by atoms with Crippen molar-refractivity contribution in [3.05, 3.63) is 78.3 Å². The van der Waals surface area contributed by atoms with Crippen LogP contribution in [0.5, 0.6) is 0 Å². The van der Waals surface area contributed by atoms with Crippen molar-refractivity contribution >= 4 is 43.8 Å². The van der Waals surface area contributed by atoms with Gasteiger partial charge in [0.25, 0.3) is 0 Å². The van der Waals surface area contributed by atoms with Crippen LogP contribution in [0.25, 0.3) is 22.2 Å². The van der Waals surface area contributed by atoms with Gasteiger partial charge in [0, 0.05) is 0 Å². The van der Waals surface area contributed by atoms with Crippen LogP contribution in [-0.4, -0.2) is 35.5 Å². The first-order valence-corrected chi connectivity index (χ1v) is 11.9. The zero-order chi connectivity index (χ0) is 23.9. The smallest absolute Gasteiger partial charge is 0.374 e. The molecule has 0 unspecified atom stereocenters. The zero-order valence-corrected chi connectivity index (χ0v) is 19.0. The number of aromatic nitrogens is 3. The van der Waals surface area contributed by atoms with E-state index < -0.39 is 15.8 Å². The number of nitrogens with two attached hydrogens (primary N) is 1. The number of rotatable bonds is 6. The summed E-state index contributed by atoms with van der Waals surface area (Å²) in [4.78, 5) is 21.3. The van der Waals surface area contributed by atoms with Crippen molar-refractivity contribution < 1.29 is 22.4 Å². The van der Waals surface area contributed by atoms with Crippen LogP contribution in [-0.2, 0) is 21.1 Å². The Balaban J connectivity index is 1.62. The Kier molecular flexibility index (Phi) is 5.29. The van der Waals surface area contributed by atoms with Gasteiger partial charge < -0.3 is 19.5 Å². The maximum Gasteiger partial charge on any atom is 0.374 e. The topological polar surface area (TPSA) is 130 Å². The summed E-state index contributed by atoms with van der Waals surface area (Å²) in [6, 6.07) is 16.7. The van der Waals surface area contributed by atoms with E-state index in [1.54, 1.807) is 36.4 Å². The molecule has 5 rings (SSSR count). The molecule has 3 aromatic heterocycles. The predicted molar refractivity (Wildman–Crippen MR) is 125 cm³/mol. The second kappa shape index (κ2) is 8.31. The second-order valence-corrected chi connectivity index (χ2v) is 9.57. The summed E-state index contributed by atoms with van der Waals surface area (Å²) < 4.78 is 39.0. The number of sulfone groups is 1. The highest BCUT2D eigenvalue weighted by Crippen LogP contribution is 2.35. The number of anilines is 1. The Morgan fingerprint density at radius 1 is 1.03 bits per heavy atom. The number of benzene rings is 2. The molecule has 9 nitrogen and oxygen atoms in total. The van der Waals surface area contributed by atoms with Crippen molar-refractivity contribution in [2.45, 2.75) is 23.3 Å². The molecule has 10 heteroatoms. The van der Waals surface area contributed by atoms with Crippen LogP contribution in [0.3, 0.4) is 0 Å². The molecule has 0 aliphatic carbocycles. The van der Waals surface area contributed by atoms with Crippen LogP contribution in [0.2, 0.25) is 0 Å². The summed E-state index contributed by atoms with van der Waals surface area (Å²) in [5.74, 6) is -0.595. The van der Waals surface area contributed by atoms with Crippen LogP contribution >= 0.6 is 0 Å². The quantitative estimate of drug-likeness (QED) is 0.367. The molecule has 0 aliphatic rings. The van der Waals surface area contributed by atoms with Crippen molar-refractivity contribution in [1.82, 2.24) is 14.5 Å². The molecular weight excluding hydrogens is 456 g/mol. The van der Waals surface area contributed by atoms with E-state index >= 15 is 0 Å². The number of furan rings is 1. The van der Waals surface area contributed by atoms with E-state index in [9.17, 15) is 13.2 Å². The molecule has 0 bridgehead atoms. The second-order valence-electron chi connectivity index (χ2n) is 7.68. The van der Waals surface area contributed by atoms with Crippen molar-refractivity contribution in [3.63, 3.8) is 0 Å². The van der Waals surface area contributed by atoms with Gasteiger partial charge in [-0.3, -0.25) is 0 Å². The minimum atomic E-state index is -4.01. The highest BCUT2D eigenvalue weighted by Gasteiger charge is 2.30. The summed E-state index contributed by atoms with van der Waals surface area (Å²) in [5.41, 5.74) is 8.89. The molecule has 0 aliphatic heterocycles. The molecule has 34 heavy (non-hydrogen) atoms. The lowest BCUT2D eigenvalue weighted by Crippen LogP contribution is -2.14. The zero-order valence-electron chi connectivity index (χ0n) is 18.1. The maximum absolute atomic E-state index is 13.6. The fourth-order valence-electron chi connectivity index (χ4n) is 3.71. The largest absolute Gasteiger partial charge is 0.458 e. The molecule has 0 saturated carbocycles. The average molecular weight is 477 g/mol. The third-order valence-corrected chi connectivity index (χ3v) is 7.25. The maximum atomic E-state index is 13.6. The molecular formula is C24H20N4O5S.